The van der Waals surface area contributed by atoms with Gasteiger partial charge < -0.3 is 10.2 Å². The summed E-state index contributed by atoms with van der Waals surface area (Å²) < 4.78 is 38.5. The highest BCUT2D eigenvalue weighted by Gasteiger charge is 2.31. The lowest BCUT2D eigenvalue weighted by Gasteiger charge is -2.21. The third-order valence-corrected chi connectivity index (χ3v) is 3.50. The van der Waals surface area contributed by atoms with Crippen molar-refractivity contribution in [3.05, 3.63) is 65.7 Å². The van der Waals surface area contributed by atoms with Gasteiger partial charge in [0.2, 0.25) is 11.8 Å². The summed E-state index contributed by atoms with van der Waals surface area (Å²) >= 11 is 0. The molecule has 0 aliphatic carbocycles. The highest BCUT2D eigenvalue weighted by atomic mass is 19.4. The van der Waals surface area contributed by atoms with Crippen molar-refractivity contribution in [1.29, 1.82) is 0 Å². The fraction of sp³-hybridized carbons (Fsp3) is 0.222. The minimum Gasteiger partial charge on any atom is -0.350 e. The number of alkyl halides is 3. The number of hydrogen-bond acceptors (Lipinski definition) is 2. The fourth-order valence-corrected chi connectivity index (χ4v) is 2.23. The van der Waals surface area contributed by atoms with Gasteiger partial charge in [0.1, 0.15) is 6.54 Å². The number of nitrogens with one attached hydrogen (secondary N) is 1. The number of hydrogen-bond donors (Lipinski definition) is 1. The van der Waals surface area contributed by atoms with E-state index in [1.165, 1.54) is 19.1 Å². The van der Waals surface area contributed by atoms with Gasteiger partial charge in [-0.3, -0.25) is 9.59 Å². The van der Waals surface area contributed by atoms with Crippen LogP contribution in [0.3, 0.4) is 0 Å². The molecule has 2 aromatic rings. The molecule has 7 heteroatoms. The average molecular weight is 350 g/mol. The van der Waals surface area contributed by atoms with Gasteiger partial charge in [-0.05, 0) is 23.8 Å². The number of rotatable bonds is 5. The van der Waals surface area contributed by atoms with Crippen LogP contribution in [0, 0.1) is 0 Å². The Morgan fingerprint density at radius 2 is 1.72 bits per heavy atom. The van der Waals surface area contributed by atoms with Gasteiger partial charge in [0.25, 0.3) is 0 Å². The van der Waals surface area contributed by atoms with Crippen molar-refractivity contribution >= 4 is 17.5 Å². The molecule has 4 nitrogen and oxygen atoms in total. The van der Waals surface area contributed by atoms with Gasteiger partial charge in [-0.15, -0.1) is 0 Å². The van der Waals surface area contributed by atoms with E-state index in [-0.39, 0.29) is 18.8 Å². The third-order valence-electron chi connectivity index (χ3n) is 3.50. The van der Waals surface area contributed by atoms with E-state index >= 15 is 0 Å². The maximum atomic E-state index is 12.8. The van der Waals surface area contributed by atoms with E-state index in [0.717, 1.165) is 22.6 Å². The fourth-order valence-electron chi connectivity index (χ4n) is 2.23. The summed E-state index contributed by atoms with van der Waals surface area (Å²) in [5, 5.41) is 2.64. The second-order valence-corrected chi connectivity index (χ2v) is 5.42. The van der Waals surface area contributed by atoms with E-state index in [2.05, 4.69) is 5.32 Å². The van der Waals surface area contributed by atoms with Crippen LogP contribution in [0.2, 0.25) is 0 Å². The summed E-state index contributed by atoms with van der Waals surface area (Å²) in [5.74, 6) is -0.981. The molecule has 0 unspecified atom stereocenters. The molecule has 0 spiro atoms. The van der Waals surface area contributed by atoms with Crippen LogP contribution < -0.4 is 10.2 Å². The molecule has 25 heavy (non-hydrogen) atoms. The standard InChI is InChI=1S/C18H17F3N2O2/c1-13(24)23(16-9-5-8-15(10-16)18(19,20)21)12-17(25)22-11-14-6-3-2-4-7-14/h2-10H,11-12H2,1H3,(H,22,25). The van der Waals surface area contributed by atoms with Crippen molar-refractivity contribution < 1.29 is 22.8 Å². The molecule has 1 N–H and O–H groups in total. The molecule has 0 aliphatic heterocycles. The van der Waals surface area contributed by atoms with E-state index in [4.69, 9.17) is 0 Å². The summed E-state index contributed by atoms with van der Waals surface area (Å²) in [4.78, 5) is 24.8. The molecule has 132 valence electrons. The van der Waals surface area contributed by atoms with Crippen LogP contribution in [0.15, 0.2) is 54.6 Å². The van der Waals surface area contributed by atoms with Gasteiger partial charge in [-0.25, -0.2) is 0 Å². The first-order valence-electron chi connectivity index (χ1n) is 7.53. The normalized spacial score (nSPS) is 11.0. The van der Waals surface area contributed by atoms with E-state index in [0.29, 0.717) is 0 Å². The molecule has 2 aromatic carbocycles. The lowest BCUT2D eigenvalue weighted by atomic mass is 10.1. The minimum absolute atomic E-state index is 0.0252. The van der Waals surface area contributed by atoms with Crippen LogP contribution in [0.1, 0.15) is 18.1 Å². The Balaban J connectivity index is 2.08. The Hall–Kier alpha value is -2.83. The number of carbonyl (C=O) groups excluding carboxylic acids is 2. The first-order chi connectivity index (χ1) is 11.8. The Bertz CT molecular complexity index is 745. The summed E-state index contributed by atoms with van der Waals surface area (Å²) in [6.45, 7) is 1.11. The van der Waals surface area contributed by atoms with Crippen molar-refractivity contribution in [3.8, 4) is 0 Å². The smallest absolute Gasteiger partial charge is 0.350 e. The van der Waals surface area contributed by atoms with Gasteiger partial charge in [0, 0.05) is 19.2 Å². The van der Waals surface area contributed by atoms with Crippen molar-refractivity contribution in [3.63, 3.8) is 0 Å². The van der Waals surface area contributed by atoms with Gasteiger partial charge in [0.05, 0.1) is 5.56 Å². The Labute approximate surface area is 143 Å². The second-order valence-electron chi connectivity index (χ2n) is 5.42. The van der Waals surface area contributed by atoms with E-state index in [9.17, 15) is 22.8 Å². The van der Waals surface area contributed by atoms with Crippen LogP contribution in [-0.4, -0.2) is 18.4 Å². The first kappa shape index (κ1) is 18.5. The summed E-state index contributed by atoms with van der Waals surface area (Å²) in [7, 11) is 0. The van der Waals surface area contributed by atoms with E-state index in [1.807, 2.05) is 30.3 Å². The van der Waals surface area contributed by atoms with Crippen LogP contribution in [0.25, 0.3) is 0 Å². The molecule has 0 heterocycles. The summed E-state index contributed by atoms with van der Waals surface area (Å²) in [6, 6.07) is 13.5. The quantitative estimate of drug-likeness (QED) is 0.899. The molecule has 0 aliphatic rings. The first-order valence-corrected chi connectivity index (χ1v) is 7.53. The molecule has 0 saturated heterocycles. The summed E-state index contributed by atoms with van der Waals surface area (Å²) in [6.07, 6.45) is -4.52. The molecule has 0 bridgehead atoms. The van der Waals surface area contributed by atoms with Crippen molar-refractivity contribution in [2.75, 3.05) is 11.4 Å². The molecule has 0 radical (unpaired) electrons. The zero-order valence-corrected chi connectivity index (χ0v) is 13.5. The lowest BCUT2D eigenvalue weighted by Crippen LogP contribution is -2.39. The molecule has 2 rings (SSSR count). The minimum atomic E-state index is -4.52. The van der Waals surface area contributed by atoms with Crippen molar-refractivity contribution in [2.45, 2.75) is 19.6 Å². The maximum absolute atomic E-state index is 12.8. The molecular formula is C18H17F3N2O2. The largest absolute Gasteiger partial charge is 0.416 e. The SMILES string of the molecule is CC(=O)N(CC(=O)NCc1ccccc1)c1cccc(C(F)(F)F)c1. The van der Waals surface area contributed by atoms with Crippen LogP contribution in [0.4, 0.5) is 18.9 Å². The Kier molecular flexibility index (Phi) is 5.80. The predicted octanol–water partition coefficient (Wildman–Crippen LogP) is 3.37. The molecule has 2 amide bonds. The highest BCUT2D eigenvalue weighted by Crippen LogP contribution is 2.31. The van der Waals surface area contributed by atoms with Gasteiger partial charge in [-0.1, -0.05) is 36.4 Å². The van der Waals surface area contributed by atoms with Gasteiger partial charge in [-0.2, -0.15) is 13.2 Å². The van der Waals surface area contributed by atoms with E-state index in [1.54, 1.807) is 0 Å². The zero-order valence-electron chi connectivity index (χ0n) is 13.5. The van der Waals surface area contributed by atoms with E-state index < -0.39 is 23.6 Å². The van der Waals surface area contributed by atoms with Gasteiger partial charge in [0.15, 0.2) is 0 Å². The monoisotopic (exact) mass is 350 g/mol. The average Bonchev–Trinajstić information content (AvgIpc) is 2.58. The predicted molar refractivity (Wildman–Crippen MR) is 87.8 cm³/mol. The van der Waals surface area contributed by atoms with Crippen LogP contribution in [-0.2, 0) is 22.3 Å². The highest BCUT2D eigenvalue weighted by molar-refractivity contribution is 5.97. The summed E-state index contributed by atoms with van der Waals surface area (Å²) in [5.41, 5.74) is 0.0300. The molecule has 0 aromatic heterocycles. The Morgan fingerprint density at radius 3 is 2.32 bits per heavy atom. The number of anilines is 1. The number of carbonyl (C=O) groups is 2. The van der Waals surface area contributed by atoms with Crippen molar-refractivity contribution in [2.24, 2.45) is 0 Å². The van der Waals surface area contributed by atoms with Crippen molar-refractivity contribution in [1.82, 2.24) is 5.32 Å². The van der Waals surface area contributed by atoms with Gasteiger partial charge >= 0.3 is 6.18 Å². The second kappa shape index (κ2) is 7.83. The van der Waals surface area contributed by atoms with Crippen LogP contribution in [0.5, 0.6) is 0 Å². The molecular weight excluding hydrogens is 333 g/mol. The third kappa shape index (κ3) is 5.34. The Morgan fingerprint density at radius 1 is 1.04 bits per heavy atom. The zero-order chi connectivity index (χ0) is 18.4. The molecule has 0 fully saturated rings. The molecule has 0 saturated carbocycles. The maximum Gasteiger partial charge on any atom is 0.416 e. The van der Waals surface area contributed by atoms with Crippen LogP contribution >= 0.6 is 0 Å². The number of amides is 2. The number of nitrogens with zero attached hydrogens (tertiary/aromatic N) is 1. The topological polar surface area (TPSA) is 49.4 Å². The molecule has 0 atom stereocenters. The lowest BCUT2D eigenvalue weighted by molar-refractivity contribution is -0.137. The number of halogens is 3. The number of benzene rings is 2.